The van der Waals surface area contributed by atoms with Crippen LogP contribution >= 0.6 is 11.8 Å². The fourth-order valence-corrected chi connectivity index (χ4v) is 6.16. The smallest absolute Gasteiger partial charge is 0.119 e. The van der Waals surface area contributed by atoms with Crippen molar-refractivity contribution in [1.29, 1.82) is 0 Å². The molecule has 1 aliphatic carbocycles. The maximum atomic E-state index is 13.5. The molecular formula is C23H28FNS. The minimum atomic E-state index is -0.139. The summed E-state index contributed by atoms with van der Waals surface area (Å²) in [6.07, 6.45) is 13.0. The Morgan fingerprint density at radius 2 is 2.15 bits per heavy atom. The van der Waals surface area contributed by atoms with Crippen LogP contribution in [0.3, 0.4) is 0 Å². The van der Waals surface area contributed by atoms with Crippen molar-refractivity contribution < 1.29 is 4.39 Å². The molecule has 0 amide bonds. The summed E-state index contributed by atoms with van der Waals surface area (Å²) < 4.78 is 13.5. The highest BCUT2D eigenvalue weighted by atomic mass is 32.2. The maximum absolute atomic E-state index is 13.5. The van der Waals surface area contributed by atoms with E-state index in [1.165, 1.54) is 54.0 Å². The van der Waals surface area contributed by atoms with Gasteiger partial charge in [-0.15, -0.1) is 11.8 Å². The third-order valence-electron chi connectivity index (χ3n) is 6.44. The number of fused-ring (bicyclic) bond motifs is 1. The second kappa shape index (κ2) is 7.36. The number of thioether (sulfide) groups is 1. The van der Waals surface area contributed by atoms with E-state index in [1.807, 2.05) is 17.8 Å². The molecule has 138 valence electrons. The zero-order valence-corrected chi connectivity index (χ0v) is 16.6. The quantitative estimate of drug-likeness (QED) is 0.629. The van der Waals surface area contributed by atoms with Crippen LogP contribution in [-0.2, 0) is 5.41 Å². The number of rotatable bonds is 4. The summed E-state index contributed by atoms with van der Waals surface area (Å²) in [6.45, 7) is 3.59. The van der Waals surface area contributed by atoms with Crippen LogP contribution in [0.2, 0.25) is 0 Å². The Balaban J connectivity index is 1.66. The average Bonchev–Trinajstić information content (AvgIpc) is 3.14. The van der Waals surface area contributed by atoms with Gasteiger partial charge in [-0.25, -0.2) is 4.39 Å². The summed E-state index contributed by atoms with van der Waals surface area (Å²) in [7, 11) is 2.28. The van der Waals surface area contributed by atoms with Crippen molar-refractivity contribution in [1.82, 2.24) is 4.90 Å². The van der Waals surface area contributed by atoms with Gasteiger partial charge in [0, 0.05) is 22.1 Å². The molecule has 0 aromatic heterocycles. The van der Waals surface area contributed by atoms with Crippen molar-refractivity contribution in [2.24, 2.45) is 0 Å². The summed E-state index contributed by atoms with van der Waals surface area (Å²) in [5.41, 5.74) is 4.16. The Hall–Kier alpha value is -1.32. The number of hydrogen-bond acceptors (Lipinski definition) is 2. The first-order chi connectivity index (χ1) is 12.6. The summed E-state index contributed by atoms with van der Waals surface area (Å²) in [6, 6.07) is 7.60. The van der Waals surface area contributed by atoms with E-state index in [2.05, 4.69) is 43.1 Å². The van der Waals surface area contributed by atoms with E-state index < -0.39 is 0 Å². The summed E-state index contributed by atoms with van der Waals surface area (Å²) in [5, 5.41) is 0. The molecule has 1 saturated heterocycles. The zero-order valence-electron chi connectivity index (χ0n) is 15.8. The van der Waals surface area contributed by atoms with Gasteiger partial charge in [0.1, 0.15) is 5.83 Å². The Morgan fingerprint density at radius 3 is 2.92 bits per heavy atom. The summed E-state index contributed by atoms with van der Waals surface area (Å²) in [5.74, 6) is 1.05. The van der Waals surface area contributed by atoms with Gasteiger partial charge in [-0.3, -0.25) is 0 Å². The number of nitrogens with zero attached hydrogens (tertiary/aromatic N) is 1. The number of halogens is 1. The normalized spacial score (nSPS) is 28.7. The topological polar surface area (TPSA) is 3.24 Å². The van der Waals surface area contributed by atoms with Gasteiger partial charge in [0.15, 0.2) is 0 Å². The van der Waals surface area contributed by atoms with E-state index in [-0.39, 0.29) is 11.2 Å². The van der Waals surface area contributed by atoms with E-state index in [1.54, 1.807) is 12.2 Å². The minimum absolute atomic E-state index is 0.139. The standard InChI is InChI=1S/C23H28FNS/c1-3-23(15-20-8-5-13-25(20)2)16-26-22-12-10-18(14-21(22)23)17-6-4-7-19(24)11-9-17/h6-7,9-12,14,20H,3-5,8,13,15-16H2,1-2H3. The molecule has 1 nitrogen and oxygen atoms in total. The highest BCUT2D eigenvalue weighted by Gasteiger charge is 2.41. The van der Waals surface area contributed by atoms with Crippen molar-refractivity contribution >= 4 is 17.3 Å². The van der Waals surface area contributed by atoms with Crippen molar-refractivity contribution in [3.8, 4) is 0 Å². The fraction of sp³-hybridized carbons (Fsp3) is 0.478. The van der Waals surface area contributed by atoms with Crippen LogP contribution in [0.1, 0.15) is 50.2 Å². The third kappa shape index (κ3) is 3.32. The van der Waals surface area contributed by atoms with Gasteiger partial charge in [-0.2, -0.15) is 0 Å². The fourth-order valence-electron chi connectivity index (χ4n) is 4.66. The van der Waals surface area contributed by atoms with E-state index in [4.69, 9.17) is 0 Å². The second-order valence-electron chi connectivity index (χ2n) is 7.93. The van der Waals surface area contributed by atoms with E-state index in [0.717, 1.165) is 5.57 Å². The molecule has 1 aromatic carbocycles. The Morgan fingerprint density at radius 1 is 1.27 bits per heavy atom. The molecule has 26 heavy (non-hydrogen) atoms. The highest BCUT2D eigenvalue weighted by Crippen LogP contribution is 2.50. The van der Waals surface area contributed by atoms with Gasteiger partial charge < -0.3 is 4.90 Å². The average molecular weight is 370 g/mol. The van der Waals surface area contributed by atoms with Crippen LogP contribution in [-0.4, -0.2) is 30.3 Å². The lowest BCUT2D eigenvalue weighted by atomic mass is 9.74. The molecule has 0 radical (unpaired) electrons. The van der Waals surface area contributed by atoms with Gasteiger partial charge >= 0.3 is 0 Å². The molecule has 2 aliphatic heterocycles. The first-order valence-electron chi connectivity index (χ1n) is 9.83. The second-order valence-corrected chi connectivity index (χ2v) is 8.95. The minimum Gasteiger partial charge on any atom is -0.303 e. The van der Waals surface area contributed by atoms with E-state index in [9.17, 15) is 4.39 Å². The SMILES string of the molecule is CCC1(CC2CCCN2C)CSc2ccc(C3=CCC=C(F)C=C3)cc21. The molecule has 2 heterocycles. The molecule has 0 saturated carbocycles. The van der Waals surface area contributed by atoms with Crippen molar-refractivity contribution in [2.45, 2.75) is 55.4 Å². The van der Waals surface area contributed by atoms with Crippen LogP contribution in [0.5, 0.6) is 0 Å². The molecule has 3 heteroatoms. The maximum Gasteiger partial charge on any atom is 0.119 e. The van der Waals surface area contributed by atoms with Crippen LogP contribution < -0.4 is 0 Å². The largest absolute Gasteiger partial charge is 0.303 e. The Bertz CT molecular complexity index is 778. The zero-order chi connectivity index (χ0) is 18.1. The van der Waals surface area contributed by atoms with Gasteiger partial charge in [0.2, 0.25) is 0 Å². The molecule has 1 aromatic rings. The number of benzene rings is 1. The van der Waals surface area contributed by atoms with Crippen LogP contribution in [0, 0.1) is 0 Å². The lowest BCUT2D eigenvalue weighted by molar-refractivity contribution is 0.245. The lowest BCUT2D eigenvalue weighted by Crippen LogP contribution is -2.36. The van der Waals surface area contributed by atoms with Crippen LogP contribution in [0.4, 0.5) is 4.39 Å². The molecule has 2 unspecified atom stereocenters. The van der Waals surface area contributed by atoms with Crippen LogP contribution in [0.25, 0.3) is 5.57 Å². The first kappa shape index (κ1) is 18.1. The van der Waals surface area contributed by atoms with Crippen LogP contribution in [0.15, 0.2) is 53.2 Å². The molecular weight excluding hydrogens is 341 g/mol. The third-order valence-corrected chi connectivity index (χ3v) is 7.80. The molecule has 3 aliphatic rings. The Kier molecular flexibility index (Phi) is 5.11. The Labute approximate surface area is 161 Å². The number of allylic oxidation sites excluding steroid dienone is 6. The predicted octanol–water partition coefficient (Wildman–Crippen LogP) is 6.12. The van der Waals surface area contributed by atoms with Gasteiger partial charge in [-0.05, 0) is 86.7 Å². The van der Waals surface area contributed by atoms with E-state index in [0.29, 0.717) is 12.5 Å². The highest BCUT2D eigenvalue weighted by molar-refractivity contribution is 7.99. The first-order valence-corrected chi connectivity index (χ1v) is 10.8. The molecule has 0 spiro atoms. The molecule has 0 bridgehead atoms. The predicted molar refractivity (Wildman–Crippen MR) is 110 cm³/mol. The summed E-state index contributed by atoms with van der Waals surface area (Å²) >= 11 is 2.02. The number of likely N-dealkylation sites (tertiary alicyclic amines) is 1. The monoisotopic (exact) mass is 369 g/mol. The van der Waals surface area contributed by atoms with Gasteiger partial charge in [0.25, 0.3) is 0 Å². The van der Waals surface area contributed by atoms with Gasteiger partial charge in [-0.1, -0.05) is 25.1 Å². The molecule has 4 rings (SSSR count). The van der Waals surface area contributed by atoms with E-state index >= 15 is 0 Å². The van der Waals surface area contributed by atoms with Gasteiger partial charge in [0.05, 0.1) is 0 Å². The lowest BCUT2D eigenvalue weighted by Gasteiger charge is -2.34. The van der Waals surface area contributed by atoms with Crippen molar-refractivity contribution in [3.05, 3.63) is 59.5 Å². The summed E-state index contributed by atoms with van der Waals surface area (Å²) in [4.78, 5) is 3.99. The molecule has 2 atom stereocenters. The molecule has 1 fully saturated rings. The molecule has 0 N–H and O–H groups in total. The van der Waals surface area contributed by atoms with Crippen molar-refractivity contribution in [3.63, 3.8) is 0 Å². The number of hydrogen-bond donors (Lipinski definition) is 0. The van der Waals surface area contributed by atoms with Crippen molar-refractivity contribution in [2.75, 3.05) is 19.3 Å².